The molecule has 0 saturated heterocycles. The Morgan fingerprint density at radius 2 is 1.37 bits per heavy atom. The Labute approximate surface area is 301 Å². The molecule has 3 aromatic rings. The van der Waals surface area contributed by atoms with Crippen LogP contribution in [0.15, 0.2) is 79.0 Å². The van der Waals surface area contributed by atoms with Crippen LogP contribution in [0.1, 0.15) is 58.6 Å². The molecule has 0 unspecified atom stereocenters. The van der Waals surface area contributed by atoms with Gasteiger partial charge in [-0.15, -0.1) is 0 Å². The van der Waals surface area contributed by atoms with Crippen LogP contribution in [0.25, 0.3) is 11.3 Å². The number of nitrogens with one attached hydrogen (secondary N) is 4. The van der Waals surface area contributed by atoms with E-state index in [1.165, 1.54) is 14.2 Å². The van der Waals surface area contributed by atoms with Gasteiger partial charge in [0.1, 0.15) is 12.1 Å². The van der Waals surface area contributed by atoms with Crippen molar-refractivity contribution in [3.8, 4) is 11.3 Å². The SMILES string of the molecule is CC[C@H](C)[C@@H](NC(=O)OC)C(=O)N[C@@H](Cc1ccccc1)[C@@H](O)C[C@H](Cc1ccc(-c2ccccn2)cc1)NC(=O)[C@@H](NC(=O)OC)C(C)(C)C. The van der Waals surface area contributed by atoms with Crippen molar-refractivity contribution in [3.63, 3.8) is 0 Å². The number of nitrogens with zero attached hydrogens (tertiary/aromatic N) is 1. The number of rotatable bonds is 16. The van der Waals surface area contributed by atoms with E-state index in [2.05, 4.69) is 26.3 Å². The van der Waals surface area contributed by atoms with Crippen molar-refractivity contribution in [2.75, 3.05) is 14.2 Å². The van der Waals surface area contributed by atoms with Crippen LogP contribution in [0.2, 0.25) is 0 Å². The Hall–Kier alpha value is -4.97. The molecule has 2 aromatic carbocycles. The van der Waals surface area contributed by atoms with Crippen molar-refractivity contribution in [3.05, 3.63) is 90.1 Å². The minimum atomic E-state index is -1.13. The Morgan fingerprint density at radius 3 is 1.94 bits per heavy atom. The van der Waals surface area contributed by atoms with Gasteiger partial charge in [0.2, 0.25) is 11.8 Å². The average Bonchev–Trinajstić information content (AvgIpc) is 3.12. The Kier molecular flexibility index (Phi) is 15.4. The van der Waals surface area contributed by atoms with Gasteiger partial charge < -0.3 is 35.8 Å². The van der Waals surface area contributed by atoms with E-state index < -0.39 is 59.7 Å². The number of carbonyl (C=O) groups is 4. The molecule has 12 heteroatoms. The number of aliphatic hydroxyl groups excluding tert-OH is 1. The third-order valence-corrected chi connectivity index (χ3v) is 8.89. The smallest absolute Gasteiger partial charge is 0.407 e. The second kappa shape index (κ2) is 19.4. The molecule has 0 aliphatic rings. The Morgan fingerprint density at radius 1 is 0.765 bits per heavy atom. The van der Waals surface area contributed by atoms with Gasteiger partial charge in [0.05, 0.1) is 32.1 Å². The maximum absolute atomic E-state index is 13.8. The van der Waals surface area contributed by atoms with Crippen LogP contribution in [0, 0.1) is 11.3 Å². The number of carbonyl (C=O) groups excluding carboxylic acids is 4. The van der Waals surface area contributed by atoms with Crippen LogP contribution in [0.4, 0.5) is 9.59 Å². The lowest BCUT2D eigenvalue weighted by molar-refractivity contribution is -0.127. The second-order valence-corrected chi connectivity index (χ2v) is 13.9. The first-order valence-corrected chi connectivity index (χ1v) is 17.3. The summed E-state index contributed by atoms with van der Waals surface area (Å²) in [4.78, 5) is 56.3. The fourth-order valence-electron chi connectivity index (χ4n) is 5.73. The van der Waals surface area contributed by atoms with Crippen molar-refractivity contribution in [1.29, 1.82) is 0 Å². The first-order chi connectivity index (χ1) is 24.2. The van der Waals surface area contributed by atoms with E-state index in [0.29, 0.717) is 12.8 Å². The van der Waals surface area contributed by atoms with Crippen LogP contribution in [-0.4, -0.2) is 78.6 Å². The molecule has 51 heavy (non-hydrogen) atoms. The normalized spacial score (nSPS) is 14.8. The fourth-order valence-corrected chi connectivity index (χ4v) is 5.73. The molecule has 0 spiro atoms. The highest BCUT2D eigenvalue weighted by Crippen LogP contribution is 2.22. The van der Waals surface area contributed by atoms with Crippen molar-refractivity contribution >= 4 is 24.0 Å². The Balaban J connectivity index is 1.95. The van der Waals surface area contributed by atoms with Gasteiger partial charge in [0, 0.05) is 17.8 Å². The van der Waals surface area contributed by atoms with Crippen molar-refractivity contribution < 1.29 is 33.8 Å². The molecular weight excluding hydrogens is 650 g/mol. The molecule has 5 N–H and O–H groups in total. The summed E-state index contributed by atoms with van der Waals surface area (Å²) in [6.07, 6.45) is 0.402. The lowest BCUT2D eigenvalue weighted by atomic mass is 9.85. The molecule has 0 aliphatic heterocycles. The average molecular weight is 704 g/mol. The number of aliphatic hydroxyl groups is 1. The first-order valence-electron chi connectivity index (χ1n) is 17.3. The molecule has 0 fully saturated rings. The van der Waals surface area contributed by atoms with Crippen molar-refractivity contribution in [1.82, 2.24) is 26.3 Å². The summed E-state index contributed by atoms with van der Waals surface area (Å²) in [5.74, 6) is -1.13. The van der Waals surface area contributed by atoms with Crippen LogP contribution < -0.4 is 21.3 Å². The summed E-state index contributed by atoms with van der Waals surface area (Å²) in [5, 5.41) is 23.2. The predicted molar refractivity (Wildman–Crippen MR) is 196 cm³/mol. The number of benzene rings is 2. The number of pyridine rings is 1. The summed E-state index contributed by atoms with van der Waals surface area (Å²) in [6, 6.07) is 19.7. The molecule has 0 saturated carbocycles. The van der Waals surface area contributed by atoms with E-state index >= 15 is 0 Å². The summed E-state index contributed by atoms with van der Waals surface area (Å²) in [5.41, 5.74) is 2.85. The lowest BCUT2D eigenvalue weighted by Crippen LogP contribution is -2.58. The highest BCUT2D eigenvalue weighted by molar-refractivity contribution is 5.87. The minimum absolute atomic E-state index is 0.0546. The largest absolute Gasteiger partial charge is 0.453 e. The van der Waals surface area contributed by atoms with Crippen LogP contribution in [0.5, 0.6) is 0 Å². The number of hydrogen-bond acceptors (Lipinski definition) is 8. The molecular formula is C39H53N5O7. The molecule has 1 aromatic heterocycles. The molecule has 4 amide bonds. The Bertz CT molecular complexity index is 1550. The van der Waals surface area contributed by atoms with Gasteiger partial charge in [-0.1, -0.05) is 102 Å². The summed E-state index contributed by atoms with van der Waals surface area (Å²) in [7, 11) is 2.46. The monoisotopic (exact) mass is 703 g/mol. The van der Waals surface area contributed by atoms with Crippen LogP contribution >= 0.6 is 0 Å². The third-order valence-electron chi connectivity index (χ3n) is 8.89. The maximum Gasteiger partial charge on any atom is 0.407 e. The quantitative estimate of drug-likeness (QED) is 0.142. The van der Waals surface area contributed by atoms with E-state index in [4.69, 9.17) is 9.47 Å². The zero-order chi connectivity index (χ0) is 37.6. The van der Waals surface area contributed by atoms with E-state index in [9.17, 15) is 24.3 Å². The molecule has 6 atom stereocenters. The molecule has 1 heterocycles. The third kappa shape index (κ3) is 12.7. The zero-order valence-electron chi connectivity index (χ0n) is 30.6. The minimum Gasteiger partial charge on any atom is -0.453 e. The number of methoxy groups -OCH3 is 2. The van der Waals surface area contributed by atoms with E-state index in [1.807, 2.05) is 107 Å². The number of alkyl carbamates (subject to hydrolysis) is 2. The first kappa shape index (κ1) is 40.5. The topological polar surface area (TPSA) is 168 Å². The maximum atomic E-state index is 13.8. The lowest BCUT2D eigenvalue weighted by Gasteiger charge is -2.33. The van der Waals surface area contributed by atoms with Gasteiger partial charge in [-0.25, -0.2) is 9.59 Å². The van der Waals surface area contributed by atoms with E-state index in [-0.39, 0.29) is 18.8 Å². The van der Waals surface area contributed by atoms with E-state index in [1.54, 1.807) is 6.20 Å². The molecule has 276 valence electrons. The second-order valence-electron chi connectivity index (χ2n) is 13.9. The zero-order valence-corrected chi connectivity index (χ0v) is 30.6. The summed E-state index contributed by atoms with van der Waals surface area (Å²) >= 11 is 0. The van der Waals surface area contributed by atoms with Gasteiger partial charge in [-0.05, 0) is 53.9 Å². The standard InChI is InChI=1S/C39H53N5O7/c1-8-25(2)33(43-37(48)50-6)35(46)42-31(23-26-14-10-9-11-15-26)32(45)24-29(41-36(47)34(39(3,4)5)44-38(49)51-7)22-27-17-19-28(20-18-27)30-16-12-13-21-40-30/h9-21,25,29,31-34,45H,8,22-24H2,1-7H3,(H,41,47)(H,42,46)(H,43,48)(H,44,49)/t25-,29-,31-,32-,33+,34+/m0/s1. The number of hydrogen-bond donors (Lipinski definition) is 5. The number of aromatic nitrogens is 1. The number of amides is 4. The highest BCUT2D eigenvalue weighted by Gasteiger charge is 2.36. The van der Waals surface area contributed by atoms with Gasteiger partial charge in [0.15, 0.2) is 0 Å². The van der Waals surface area contributed by atoms with Crippen molar-refractivity contribution in [2.24, 2.45) is 11.3 Å². The molecule has 0 bridgehead atoms. The van der Waals surface area contributed by atoms with Crippen LogP contribution in [-0.2, 0) is 31.9 Å². The van der Waals surface area contributed by atoms with Crippen molar-refractivity contribution in [2.45, 2.75) is 90.6 Å². The van der Waals surface area contributed by atoms with Crippen LogP contribution in [0.3, 0.4) is 0 Å². The molecule has 0 aliphatic carbocycles. The predicted octanol–water partition coefficient (Wildman–Crippen LogP) is 4.80. The molecule has 3 rings (SSSR count). The fraction of sp³-hybridized carbons (Fsp3) is 0.462. The van der Waals surface area contributed by atoms with Gasteiger partial charge in [-0.2, -0.15) is 0 Å². The molecule has 0 radical (unpaired) electrons. The highest BCUT2D eigenvalue weighted by atomic mass is 16.5. The summed E-state index contributed by atoms with van der Waals surface area (Å²) < 4.78 is 9.56. The van der Waals surface area contributed by atoms with Gasteiger partial charge in [-0.3, -0.25) is 14.6 Å². The molecule has 12 nitrogen and oxygen atoms in total. The summed E-state index contributed by atoms with van der Waals surface area (Å²) in [6.45, 7) is 9.25. The van der Waals surface area contributed by atoms with Gasteiger partial charge >= 0.3 is 12.2 Å². The number of ether oxygens (including phenoxy) is 2. The van der Waals surface area contributed by atoms with Gasteiger partial charge in [0.25, 0.3) is 0 Å². The van der Waals surface area contributed by atoms with E-state index in [0.717, 1.165) is 22.4 Å².